The van der Waals surface area contributed by atoms with Crippen molar-refractivity contribution in [1.29, 1.82) is 0 Å². The van der Waals surface area contributed by atoms with E-state index in [4.69, 9.17) is 5.73 Å². The Balaban J connectivity index is 1.98. The van der Waals surface area contributed by atoms with E-state index in [0.29, 0.717) is 17.2 Å². The fraction of sp³-hybridized carbons (Fsp3) is 0.222. The summed E-state index contributed by atoms with van der Waals surface area (Å²) in [4.78, 5) is 8.74. The normalized spacial score (nSPS) is 13.0. The van der Waals surface area contributed by atoms with Crippen LogP contribution in [0.2, 0.25) is 0 Å². The van der Waals surface area contributed by atoms with Crippen molar-refractivity contribution >= 4 is 22.4 Å². The van der Waals surface area contributed by atoms with Gasteiger partial charge in [-0.2, -0.15) is 13.2 Å². The lowest BCUT2D eigenvalue weighted by Crippen LogP contribution is -2.12. The number of alkyl halides is 3. The summed E-state index contributed by atoms with van der Waals surface area (Å²) in [6, 6.07) is 10.6. The molecule has 0 spiro atoms. The number of nitrogens with two attached hydrogens (primary N) is 1. The maximum atomic E-state index is 13.0. The summed E-state index contributed by atoms with van der Waals surface area (Å²) >= 11 is 0. The summed E-state index contributed by atoms with van der Waals surface area (Å²) in [7, 11) is 0. The zero-order valence-electron chi connectivity index (χ0n) is 13.7. The first-order chi connectivity index (χ1) is 11.7. The Morgan fingerprint density at radius 1 is 1.08 bits per heavy atom. The lowest BCUT2D eigenvalue weighted by Gasteiger charge is -2.19. The van der Waals surface area contributed by atoms with Gasteiger partial charge in [-0.05, 0) is 49.7 Å². The number of para-hydroxylation sites is 1. The average molecular weight is 346 g/mol. The topological polar surface area (TPSA) is 63.8 Å². The Labute approximate surface area is 142 Å². The van der Waals surface area contributed by atoms with Gasteiger partial charge >= 0.3 is 6.18 Å². The number of fused-ring (bicyclic) bond motifs is 1. The molecule has 0 aliphatic carbocycles. The van der Waals surface area contributed by atoms with E-state index in [2.05, 4.69) is 15.3 Å². The highest BCUT2D eigenvalue weighted by atomic mass is 19.4. The second-order valence-corrected chi connectivity index (χ2v) is 5.89. The molecule has 0 unspecified atom stereocenters. The molecule has 3 N–H and O–H groups in total. The lowest BCUT2D eigenvalue weighted by molar-refractivity contribution is -0.137. The van der Waals surface area contributed by atoms with Gasteiger partial charge in [0.1, 0.15) is 11.6 Å². The molecule has 2 aromatic carbocycles. The number of hydrogen-bond acceptors (Lipinski definition) is 4. The van der Waals surface area contributed by atoms with E-state index in [0.717, 1.165) is 23.0 Å². The molecule has 3 aromatic rings. The van der Waals surface area contributed by atoms with Crippen molar-refractivity contribution < 1.29 is 13.2 Å². The van der Waals surface area contributed by atoms with Crippen molar-refractivity contribution in [2.45, 2.75) is 26.1 Å². The molecule has 0 amide bonds. The Kier molecular flexibility index (Phi) is 4.24. The molecule has 1 atom stereocenters. The largest absolute Gasteiger partial charge is 0.416 e. The van der Waals surface area contributed by atoms with Crippen LogP contribution in [0.3, 0.4) is 0 Å². The molecule has 130 valence electrons. The number of halogens is 3. The van der Waals surface area contributed by atoms with Gasteiger partial charge in [0.15, 0.2) is 0 Å². The van der Waals surface area contributed by atoms with Gasteiger partial charge in [0.05, 0.1) is 17.1 Å². The Morgan fingerprint density at radius 3 is 2.52 bits per heavy atom. The molecule has 25 heavy (non-hydrogen) atoms. The van der Waals surface area contributed by atoms with Gasteiger partial charge in [0, 0.05) is 11.1 Å². The summed E-state index contributed by atoms with van der Waals surface area (Å²) < 4.78 is 39.0. The molecule has 0 saturated heterocycles. The number of aryl methyl sites for hydroxylation is 1. The van der Waals surface area contributed by atoms with Gasteiger partial charge in [-0.3, -0.25) is 0 Å². The molecule has 3 rings (SSSR count). The molecule has 1 heterocycles. The van der Waals surface area contributed by atoms with Crippen LogP contribution in [0.5, 0.6) is 0 Å². The average Bonchev–Trinajstić information content (AvgIpc) is 2.53. The Morgan fingerprint density at radius 2 is 1.80 bits per heavy atom. The van der Waals surface area contributed by atoms with E-state index < -0.39 is 17.8 Å². The number of rotatable bonds is 3. The molecule has 1 aromatic heterocycles. The summed E-state index contributed by atoms with van der Waals surface area (Å²) in [5, 5.41) is 3.98. The van der Waals surface area contributed by atoms with Crippen molar-refractivity contribution in [2.75, 3.05) is 11.1 Å². The summed E-state index contributed by atoms with van der Waals surface area (Å²) in [5.41, 5.74) is 6.17. The number of nitrogen functional groups attached to an aromatic ring is 1. The van der Waals surface area contributed by atoms with Gasteiger partial charge < -0.3 is 11.1 Å². The summed E-state index contributed by atoms with van der Waals surface area (Å²) in [6.45, 7) is 3.53. The van der Waals surface area contributed by atoms with Crippen LogP contribution < -0.4 is 11.1 Å². The van der Waals surface area contributed by atoms with Crippen LogP contribution in [0.15, 0.2) is 42.5 Å². The number of hydrogen-bond donors (Lipinski definition) is 2. The first kappa shape index (κ1) is 17.0. The molecule has 0 bridgehead atoms. The van der Waals surface area contributed by atoms with Crippen molar-refractivity contribution in [3.63, 3.8) is 0 Å². The van der Waals surface area contributed by atoms with Gasteiger partial charge in [-0.1, -0.05) is 12.1 Å². The highest BCUT2D eigenvalue weighted by molar-refractivity contribution is 5.89. The predicted octanol–water partition coefficient (Wildman–Crippen LogP) is 4.71. The first-order valence-corrected chi connectivity index (χ1v) is 7.71. The van der Waals surface area contributed by atoms with E-state index in [1.807, 2.05) is 24.3 Å². The summed E-state index contributed by atoms with van der Waals surface area (Å²) in [6.07, 6.45) is -4.44. The van der Waals surface area contributed by atoms with E-state index in [-0.39, 0.29) is 5.69 Å². The molecule has 0 saturated carbocycles. The zero-order valence-corrected chi connectivity index (χ0v) is 13.7. The van der Waals surface area contributed by atoms with Crippen LogP contribution >= 0.6 is 0 Å². The van der Waals surface area contributed by atoms with Crippen LogP contribution in [-0.2, 0) is 6.18 Å². The third-order valence-corrected chi connectivity index (χ3v) is 3.87. The third kappa shape index (κ3) is 3.65. The maximum absolute atomic E-state index is 13.0. The third-order valence-electron chi connectivity index (χ3n) is 3.87. The van der Waals surface area contributed by atoms with Gasteiger partial charge in [-0.25, -0.2) is 9.97 Å². The highest BCUT2D eigenvalue weighted by Gasteiger charge is 2.31. The van der Waals surface area contributed by atoms with Gasteiger partial charge in [-0.15, -0.1) is 0 Å². The minimum absolute atomic E-state index is 0.0715. The molecular weight excluding hydrogens is 329 g/mol. The van der Waals surface area contributed by atoms with Gasteiger partial charge in [0.2, 0.25) is 0 Å². The SMILES string of the molecule is Cc1nc(N[C@H](C)c2cc(N)cc(C(F)(F)F)c2)c2ccccc2n1. The molecular formula is C18H17F3N4. The quantitative estimate of drug-likeness (QED) is 0.674. The van der Waals surface area contributed by atoms with Crippen molar-refractivity contribution in [1.82, 2.24) is 9.97 Å². The predicted molar refractivity (Wildman–Crippen MR) is 92.2 cm³/mol. The van der Waals surface area contributed by atoms with Crippen molar-refractivity contribution in [3.8, 4) is 0 Å². The number of nitrogens with one attached hydrogen (secondary N) is 1. The Hall–Kier alpha value is -2.83. The van der Waals surface area contributed by atoms with Crippen LogP contribution in [0, 0.1) is 6.92 Å². The van der Waals surface area contributed by atoms with E-state index in [1.165, 1.54) is 6.07 Å². The van der Waals surface area contributed by atoms with Crippen molar-refractivity contribution in [2.24, 2.45) is 0 Å². The number of nitrogens with zero attached hydrogens (tertiary/aromatic N) is 2. The monoisotopic (exact) mass is 346 g/mol. The van der Waals surface area contributed by atoms with E-state index in [9.17, 15) is 13.2 Å². The molecule has 0 radical (unpaired) electrons. The molecule has 0 fully saturated rings. The number of anilines is 2. The van der Waals surface area contributed by atoms with E-state index >= 15 is 0 Å². The minimum atomic E-state index is -4.44. The van der Waals surface area contributed by atoms with Gasteiger partial charge in [0.25, 0.3) is 0 Å². The van der Waals surface area contributed by atoms with Crippen LogP contribution in [0.1, 0.15) is 29.9 Å². The first-order valence-electron chi connectivity index (χ1n) is 7.71. The fourth-order valence-corrected chi connectivity index (χ4v) is 2.68. The highest BCUT2D eigenvalue weighted by Crippen LogP contribution is 2.33. The number of benzene rings is 2. The molecule has 0 aliphatic rings. The Bertz CT molecular complexity index is 922. The van der Waals surface area contributed by atoms with Crippen LogP contribution in [0.25, 0.3) is 10.9 Å². The number of aromatic nitrogens is 2. The zero-order chi connectivity index (χ0) is 18.2. The van der Waals surface area contributed by atoms with Crippen LogP contribution in [-0.4, -0.2) is 9.97 Å². The smallest absolute Gasteiger partial charge is 0.399 e. The van der Waals surface area contributed by atoms with Crippen molar-refractivity contribution in [3.05, 3.63) is 59.4 Å². The second-order valence-electron chi connectivity index (χ2n) is 5.89. The molecule has 0 aliphatic heterocycles. The molecule has 7 heteroatoms. The second kappa shape index (κ2) is 6.23. The summed E-state index contributed by atoms with van der Waals surface area (Å²) in [5.74, 6) is 1.16. The fourth-order valence-electron chi connectivity index (χ4n) is 2.68. The lowest BCUT2D eigenvalue weighted by atomic mass is 10.0. The standard InChI is InChI=1S/C18H17F3N4/c1-10(12-7-13(18(19,20)21)9-14(22)8-12)23-17-15-5-3-4-6-16(15)24-11(2)25-17/h3-10H,22H2,1-2H3,(H,23,24,25)/t10-/m1/s1. The van der Waals surface area contributed by atoms with E-state index in [1.54, 1.807) is 13.8 Å². The van der Waals surface area contributed by atoms with Crippen LogP contribution in [0.4, 0.5) is 24.7 Å². The minimum Gasteiger partial charge on any atom is -0.399 e. The maximum Gasteiger partial charge on any atom is 0.416 e. The molecule has 4 nitrogen and oxygen atoms in total.